The minimum atomic E-state index is -0.665. The van der Waals surface area contributed by atoms with E-state index < -0.39 is 35.8 Å². The number of likely N-dealkylation sites (tertiary alicyclic amines) is 1. The number of piperidine rings is 1. The maximum absolute atomic E-state index is 14.1. The molecule has 182 valence electrons. The average Bonchev–Trinajstić information content (AvgIpc) is 2.88. The maximum atomic E-state index is 14.1. The van der Waals surface area contributed by atoms with Crippen molar-refractivity contribution < 1.29 is 28.0 Å². The van der Waals surface area contributed by atoms with E-state index in [0.717, 1.165) is 0 Å². The van der Waals surface area contributed by atoms with Crippen LogP contribution in [0.2, 0.25) is 0 Å². The Morgan fingerprint density at radius 2 is 1.73 bits per heavy atom. The van der Waals surface area contributed by atoms with Gasteiger partial charge in [-0.2, -0.15) is 0 Å². The summed E-state index contributed by atoms with van der Waals surface area (Å²) in [7, 11) is -0.665. The van der Waals surface area contributed by atoms with E-state index in [1.807, 2.05) is 48.5 Å². The van der Waals surface area contributed by atoms with Gasteiger partial charge in [-0.1, -0.05) is 6.07 Å². The standard InChI is InChI=1S/C24H36BFN2O5/c1-22(2,3)31-21(30)27-18-10-12-28(13-11-18)20(29)15-16-14-17(26)8-9-19(16)25-32-23(4,5)24(6,7)33-25/h8-9,14,18H,10-13,15H2,1-7H3,(H,27,30). The first-order valence-electron chi connectivity index (χ1n) is 11.6. The van der Waals surface area contributed by atoms with E-state index in [1.165, 1.54) is 12.1 Å². The summed E-state index contributed by atoms with van der Waals surface area (Å²) in [6.07, 6.45) is 0.886. The molecular weight excluding hydrogens is 426 g/mol. The Balaban J connectivity index is 1.61. The molecule has 2 saturated heterocycles. The number of nitrogens with one attached hydrogen (secondary N) is 1. The summed E-state index contributed by atoms with van der Waals surface area (Å²) in [5.41, 5.74) is -0.384. The molecule has 2 aliphatic heterocycles. The fourth-order valence-corrected chi connectivity index (χ4v) is 3.95. The van der Waals surface area contributed by atoms with Gasteiger partial charge >= 0.3 is 13.2 Å². The van der Waals surface area contributed by atoms with Crippen molar-refractivity contribution in [2.45, 2.75) is 90.6 Å². The second kappa shape index (κ2) is 9.26. The van der Waals surface area contributed by atoms with Crippen LogP contribution in [0, 0.1) is 5.82 Å². The second-order valence-electron chi connectivity index (χ2n) is 10.9. The Morgan fingerprint density at radius 3 is 2.27 bits per heavy atom. The molecule has 0 unspecified atom stereocenters. The molecule has 0 aliphatic carbocycles. The van der Waals surface area contributed by atoms with Crippen LogP contribution in [0.25, 0.3) is 0 Å². The molecule has 3 rings (SSSR count). The molecule has 2 fully saturated rings. The number of carbonyl (C=O) groups excluding carboxylic acids is 2. The lowest BCUT2D eigenvalue weighted by atomic mass is 9.75. The molecule has 1 N–H and O–H groups in total. The van der Waals surface area contributed by atoms with Gasteiger partial charge in [-0.25, -0.2) is 9.18 Å². The summed E-state index contributed by atoms with van der Waals surface area (Å²) in [6.45, 7) is 14.3. The van der Waals surface area contributed by atoms with Gasteiger partial charge in [-0.05, 0) is 84.5 Å². The summed E-state index contributed by atoms with van der Waals surface area (Å²) in [5.74, 6) is -0.493. The van der Waals surface area contributed by atoms with Crippen LogP contribution in [0.3, 0.4) is 0 Å². The molecule has 9 heteroatoms. The third-order valence-electron chi connectivity index (χ3n) is 6.52. The van der Waals surface area contributed by atoms with Gasteiger partial charge in [0.1, 0.15) is 11.4 Å². The minimum Gasteiger partial charge on any atom is -0.444 e. The number of rotatable bonds is 4. The fraction of sp³-hybridized carbons (Fsp3) is 0.667. The van der Waals surface area contributed by atoms with E-state index in [-0.39, 0.29) is 18.4 Å². The second-order valence-corrected chi connectivity index (χ2v) is 10.9. The molecular formula is C24H36BFN2O5. The Hall–Kier alpha value is -2.13. The number of halogens is 1. The number of ether oxygens (including phenoxy) is 1. The van der Waals surface area contributed by atoms with Crippen LogP contribution < -0.4 is 10.8 Å². The van der Waals surface area contributed by atoms with Crippen molar-refractivity contribution in [2.75, 3.05) is 13.1 Å². The molecule has 7 nitrogen and oxygen atoms in total. The molecule has 0 saturated carbocycles. The molecule has 0 atom stereocenters. The predicted octanol–water partition coefficient (Wildman–Crippen LogP) is 3.18. The third-order valence-corrected chi connectivity index (χ3v) is 6.52. The molecule has 2 aliphatic rings. The first-order chi connectivity index (χ1) is 15.2. The quantitative estimate of drug-likeness (QED) is 0.696. The normalized spacial score (nSPS) is 20.6. The zero-order valence-electron chi connectivity index (χ0n) is 20.8. The highest BCUT2D eigenvalue weighted by atomic mass is 19.1. The lowest BCUT2D eigenvalue weighted by Crippen LogP contribution is -2.48. The van der Waals surface area contributed by atoms with Gasteiger partial charge < -0.3 is 24.3 Å². The molecule has 0 spiro atoms. The largest absolute Gasteiger partial charge is 0.495 e. The summed E-state index contributed by atoms with van der Waals surface area (Å²) in [5, 5.41) is 2.87. The van der Waals surface area contributed by atoms with Gasteiger partial charge in [0, 0.05) is 19.1 Å². The average molecular weight is 462 g/mol. The van der Waals surface area contributed by atoms with E-state index in [2.05, 4.69) is 5.32 Å². The summed E-state index contributed by atoms with van der Waals surface area (Å²) in [4.78, 5) is 26.8. The molecule has 2 amide bonds. The Morgan fingerprint density at radius 1 is 1.15 bits per heavy atom. The van der Waals surface area contributed by atoms with Crippen molar-refractivity contribution in [1.82, 2.24) is 10.2 Å². The Kier molecular flexibility index (Phi) is 7.15. The van der Waals surface area contributed by atoms with Crippen LogP contribution in [0.4, 0.5) is 9.18 Å². The highest BCUT2D eigenvalue weighted by Crippen LogP contribution is 2.36. The van der Waals surface area contributed by atoms with Crippen molar-refractivity contribution in [2.24, 2.45) is 0 Å². The molecule has 1 aromatic carbocycles. The number of hydrogen-bond acceptors (Lipinski definition) is 5. The van der Waals surface area contributed by atoms with E-state index in [0.29, 0.717) is 37.0 Å². The minimum absolute atomic E-state index is 0.0432. The van der Waals surface area contributed by atoms with Gasteiger partial charge in [0.15, 0.2) is 0 Å². The number of hydrogen-bond donors (Lipinski definition) is 1. The summed E-state index contributed by atoms with van der Waals surface area (Å²) < 4.78 is 31.6. The lowest BCUT2D eigenvalue weighted by Gasteiger charge is -2.33. The molecule has 0 radical (unpaired) electrons. The SMILES string of the molecule is CC(C)(C)OC(=O)NC1CCN(C(=O)Cc2cc(F)ccc2B2OC(C)(C)C(C)(C)O2)CC1. The first-order valence-corrected chi connectivity index (χ1v) is 11.6. The van der Waals surface area contributed by atoms with Crippen molar-refractivity contribution in [3.05, 3.63) is 29.6 Å². The zero-order valence-corrected chi connectivity index (χ0v) is 20.8. The van der Waals surface area contributed by atoms with Crippen molar-refractivity contribution in [3.63, 3.8) is 0 Å². The number of nitrogens with zero attached hydrogens (tertiary/aromatic N) is 1. The van der Waals surface area contributed by atoms with E-state index in [1.54, 1.807) is 11.0 Å². The number of carbonyl (C=O) groups is 2. The van der Waals surface area contributed by atoms with Crippen LogP contribution in [0.5, 0.6) is 0 Å². The fourth-order valence-electron chi connectivity index (χ4n) is 3.95. The third kappa shape index (κ3) is 6.26. The van der Waals surface area contributed by atoms with E-state index in [4.69, 9.17) is 14.0 Å². The molecule has 1 aromatic rings. The first kappa shape index (κ1) is 25.5. The van der Waals surface area contributed by atoms with Gasteiger partial charge in [-0.3, -0.25) is 4.79 Å². The topological polar surface area (TPSA) is 77.1 Å². The predicted molar refractivity (Wildman–Crippen MR) is 125 cm³/mol. The van der Waals surface area contributed by atoms with Crippen molar-refractivity contribution in [1.29, 1.82) is 0 Å². The van der Waals surface area contributed by atoms with Crippen LogP contribution in [0.15, 0.2) is 18.2 Å². The monoisotopic (exact) mass is 462 g/mol. The lowest BCUT2D eigenvalue weighted by molar-refractivity contribution is -0.131. The van der Waals surface area contributed by atoms with Crippen LogP contribution in [-0.2, 0) is 25.3 Å². The van der Waals surface area contributed by atoms with Crippen LogP contribution >= 0.6 is 0 Å². The molecule has 0 aromatic heterocycles. The number of benzene rings is 1. The number of amides is 2. The van der Waals surface area contributed by atoms with Gasteiger partial charge in [0.05, 0.1) is 17.6 Å². The summed E-state index contributed by atoms with van der Waals surface area (Å²) >= 11 is 0. The highest BCUT2D eigenvalue weighted by molar-refractivity contribution is 6.62. The van der Waals surface area contributed by atoms with Crippen LogP contribution in [0.1, 0.15) is 66.9 Å². The zero-order chi connectivity index (χ0) is 24.6. The van der Waals surface area contributed by atoms with Gasteiger partial charge in [0.2, 0.25) is 5.91 Å². The Labute approximate surface area is 196 Å². The highest BCUT2D eigenvalue weighted by Gasteiger charge is 2.52. The van der Waals surface area contributed by atoms with E-state index >= 15 is 0 Å². The molecule has 0 bridgehead atoms. The summed E-state index contributed by atoms with van der Waals surface area (Å²) in [6, 6.07) is 4.34. The molecule has 2 heterocycles. The van der Waals surface area contributed by atoms with Crippen LogP contribution in [-0.4, -0.2) is 60.0 Å². The van der Waals surface area contributed by atoms with E-state index in [9.17, 15) is 14.0 Å². The molecule has 33 heavy (non-hydrogen) atoms. The van der Waals surface area contributed by atoms with Crippen molar-refractivity contribution >= 4 is 24.6 Å². The van der Waals surface area contributed by atoms with Crippen molar-refractivity contribution in [3.8, 4) is 0 Å². The van der Waals surface area contributed by atoms with Gasteiger partial charge in [-0.15, -0.1) is 0 Å². The number of alkyl carbamates (subject to hydrolysis) is 1. The Bertz CT molecular complexity index is 875. The maximum Gasteiger partial charge on any atom is 0.495 e. The smallest absolute Gasteiger partial charge is 0.444 e. The van der Waals surface area contributed by atoms with Gasteiger partial charge in [0.25, 0.3) is 0 Å².